The SMILES string of the molecule is C=Cc1ccc(-c2ncccc2-c2ccc3ncc(C(C)=O)n3c2)cc1C. The van der Waals surface area contributed by atoms with E-state index >= 15 is 0 Å². The van der Waals surface area contributed by atoms with Crippen molar-refractivity contribution in [2.45, 2.75) is 13.8 Å². The number of nitrogens with zero attached hydrogens (tertiary/aromatic N) is 3. The van der Waals surface area contributed by atoms with Crippen LogP contribution in [0, 0.1) is 6.92 Å². The second-order valence-electron chi connectivity index (χ2n) is 6.52. The van der Waals surface area contributed by atoms with Crippen LogP contribution in [0.3, 0.4) is 0 Å². The van der Waals surface area contributed by atoms with Crippen LogP contribution in [-0.4, -0.2) is 20.2 Å². The Kier molecular flexibility index (Phi) is 4.16. The van der Waals surface area contributed by atoms with E-state index in [4.69, 9.17) is 0 Å². The Hall–Kier alpha value is -3.53. The second-order valence-corrected chi connectivity index (χ2v) is 6.52. The average Bonchev–Trinajstić information content (AvgIpc) is 3.11. The van der Waals surface area contributed by atoms with E-state index in [2.05, 4.69) is 41.7 Å². The molecule has 4 rings (SSSR count). The molecule has 4 aromatic rings. The number of pyridine rings is 2. The van der Waals surface area contributed by atoms with Gasteiger partial charge in [0.1, 0.15) is 11.3 Å². The van der Waals surface area contributed by atoms with Crippen LogP contribution in [0.25, 0.3) is 34.1 Å². The number of aromatic nitrogens is 3. The number of benzene rings is 1. The highest BCUT2D eigenvalue weighted by Crippen LogP contribution is 2.31. The van der Waals surface area contributed by atoms with E-state index in [-0.39, 0.29) is 5.78 Å². The quantitative estimate of drug-likeness (QED) is 0.473. The molecule has 27 heavy (non-hydrogen) atoms. The van der Waals surface area contributed by atoms with Crippen molar-refractivity contribution in [3.05, 3.63) is 84.5 Å². The minimum absolute atomic E-state index is 0.0123. The van der Waals surface area contributed by atoms with Gasteiger partial charge in [-0.05, 0) is 42.3 Å². The molecule has 0 bridgehead atoms. The van der Waals surface area contributed by atoms with E-state index in [1.807, 2.05) is 40.9 Å². The molecule has 132 valence electrons. The van der Waals surface area contributed by atoms with E-state index < -0.39 is 0 Å². The molecule has 0 radical (unpaired) electrons. The molecule has 0 aliphatic rings. The van der Waals surface area contributed by atoms with Gasteiger partial charge in [-0.2, -0.15) is 0 Å². The van der Waals surface area contributed by atoms with Crippen molar-refractivity contribution in [1.82, 2.24) is 14.4 Å². The molecule has 0 spiro atoms. The van der Waals surface area contributed by atoms with Gasteiger partial charge in [0.2, 0.25) is 0 Å². The Morgan fingerprint density at radius 2 is 1.93 bits per heavy atom. The maximum atomic E-state index is 11.9. The summed E-state index contributed by atoms with van der Waals surface area (Å²) in [4.78, 5) is 20.8. The molecule has 3 heterocycles. The summed E-state index contributed by atoms with van der Waals surface area (Å²) in [7, 11) is 0. The Morgan fingerprint density at radius 3 is 2.67 bits per heavy atom. The summed E-state index contributed by atoms with van der Waals surface area (Å²) in [5.74, 6) is -0.0123. The predicted molar refractivity (Wildman–Crippen MR) is 109 cm³/mol. The van der Waals surface area contributed by atoms with Gasteiger partial charge in [-0.1, -0.05) is 30.9 Å². The van der Waals surface area contributed by atoms with Crippen molar-refractivity contribution in [3.8, 4) is 22.4 Å². The molecule has 0 fully saturated rings. The lowest BCUT2D eigenvalue weighted by atomic mass is 9.97. The summed E-state index contributed by atoms with van der Waals surface area (Å²) in [6, 6.07) is 14.1. The van der Waals surface area contributed by atoms with Crippen LogP contribution in [-0.2, 0) is 0 Å². The summed E-state index contributed by atoms with van der Waals surface area (Å²) >= 11 is 0. The van der Waals surface area contributed by atoms with Gasteiger partial charge in [-0.25, -0.2) is 4.98 Å². The molecule has 0 atom stereocenters. The molecule has 0 aliphatic heterocycles. The zero-order valence-electron chi connectivity index (χ0n) is 15.3. The second kappa shape index (κ2) is 6.65. The van der Waals surface area contributed by atoms with Crippen LogP contribution in [0.4, 0.5) is 0 Å². The van der Waals surface area contributed by atoms with E-state index in [1.165, 1.54) is 0 Å². The summed E-state index contributed by atoms with van der Waals surface area (Å²) in [5.41, 5.74) is 7.53. The number of aryl methyl sites for hydroxylation is 1. The van der Waals surface area contributed by atoms with Gasteiger partial charge >= 0.3 is 0 Å². The minimum atomic E-state index is -0.0123. The number of Topliss-reactive ketones (excluding diaryl/α,β-unsaturated/α-hetero) is 1. The van der Waals surface area contributed by atoms with E-state index in [1.54, 1.807) is 19.3 Å². The van der Waals surface area contributed by atoms with Crippen LogP contribution in [0.1, 0.15) is 28.5 Å². The lowest BCUT2D eigenvalue weighted by Crippen LogP contribution is -1.99. The highest BCUT2D eigenvalue weighted by Gasteiger charge is 2.13. The molecule has 4 heteroatoms. The molecule has 0 unspecified atom stereocenters. The Balaban J connectivity index is 1.90. The lowest BCUT2D eigenvalue weighted by molar-refractivity contribution is 0.101. The Labute approximate surface area is 157 Å². The highest BCUT2D eigenvalue weighted by atomic mass is 16.1. The molecule has 0 N–H and O–H groups in total. The number of rotatable bonds is 4. The van der Waals surface area contributed by atoms with Crippen LogP contribution in [0.5, 0.6) is 0 Å². The van der Waals surface area contributed by atoms with Crippen molar-refractivity contribution in [2.75, 3.05) is 0 Å². The zero-order valence-corrected chi connectivity index (χ0v) is 15.3. The van der Waals surface area contributed by atoms with Gasteiger partial charge in [-0.15, -0.1) is 0 Å². The topological polar surface area (TPSA) is 47.3 Å². The lowest BCUT2D eigenvalue weighted by Gasteiger charge is -2.11. The van der Waals surface area contributed by atoms with E-state index in [0.717, 1.165) is 39.2 Å². The molecule has 0 amide bonds. The first-order valence-electron chi connectivity index (χ1n) is 8.75. The van der Waals surface area contributed by atoms with Crippen LogP contribution in [0.15, 0.2) is 67.6 Å². The summed E-state index contributed by atoms with van der Waals surface area (Å²) in [6.07, 6.45) is 7.22. The van der Waals surface area contributed by atoms with Crippen molar-refractivity contribution in [1.29, 1.82) is 0 Å². The zero-order chi connectivity index (χ0) is 19.0. The van der Waals surface area contributed by atoms with Crippen molar-refractivity contribution < 1.29 is 4.79 Å². The Morgan fingerprint density at radius 1 is 1.11 bits per heavy atom. The molecule has 0 aliphatic carbocycles. The molecule has 3 aromatic heterocycles. The number of hydrogen-bond donors (Lipinski definition) is 0. The van der Waals surface area contributed by atoms with Crippen LogP contribution in [0.2, 0.25) is 0 Å². The third-order valence-corrected chi connectivity index (χ3v) is 4.75. The number of imidazole rings is 1. The van der Waals surface area contributed by atoms with Gasteiger partial charge in [0.05, 0.1) is 11.9 Å². The fourth-order valence-electron chi connectivity index (χ4n) is 3.32. The molecular formula is C23H19N3O. The van der Waals surface area contributed by atoms with Gasteiger partial charge in [-0.3, -0.25) is 14.2 Å². The van der Waals surface area contributed by atoms with Gasteiger partial charge in [0.25, 0.3) is 0 Å². The normalized spacial score (nSPS) is 10.9. The van der Waals surface area contributed by atoms with E-state index in [0.29, 0.717) is 5.69 Å². The van der Waals surface area contributed by atoms with Gasteiger partial charge in [0, 0.05) is 36.0 Å². The van der Waals surface area contributed by atoms with E-state index in [9.17, 15) is 4.79 Å². The fraction of sp³-hybridized carbons (Fsp3) is 0.0870. The van der Waals surface area contributed by atoms with Crippen LogP contribution < -0.4 is 0 Å². The number of hydrogen-bond acceptors (Lipinski definition) is 3. The minimum Gasteiger partial charge on any atom is -0.296 e. The van der Waals surface area contributed by atoms with Gasteiger partial charge < -0.3 is 0 Å². The first-order valence-corrected chi connectivity index (χ1v) is 8.75. The number of ketones is 1. The van der Waals surface area contributed by atoms with Crippen molar-refractivity contribution in [2.24, 2.45) is 0 Å². The smallest absolute Gasteiger partial charge is 0.178 e. The average molecular weight is 353 g/mol. The molecule has 4 nitrogen and oxygen atoms in total. The first kappa shape index (κ1) is 16.9. The predicted octanol–water partition coefficient (Wildman–Crippen LogP) is 5.22. The Bertz CT molecular complexity index is 1190. The van der Waals surface area contributed by atoms with Crippen molar-refractivity contribution >= 4 is 17.5 Å². The molecule has 0 saturated carbocycles. The standard InChI is InChI=1S/C23H19N3O/c1-4-17-7-8-18(12-15(17)2)23-20(6-5-11-24-23)19-9-10-22-25-13-21(16(3)27)26(22)14-19/h4-14H,1H2,2-3H3. The summed E-state index contributed by atoms with van der Waals surface area (Å²) < 4.78 is 1.83. The monoisotopic (exact) mass is 353 g/mol. The first-order chi connectivity index (χ1) is 13.1. The third-order valence-electron chi connectivity index (χ3n) is 4.75. The molecular weight excluding hydrogens is 334 g/mol. The highest BCUT2D eigenvalue weighted by molar-refractivity contribution is 5.93. The van der Waals surface area contributed by atoms with Crippen molar-refractivity contribution in [3.63, 3.8) is 0 Å². The maximum absolute atomic E-state index is 11.9. The summed E-state index contributed by atoms with van der Waals surface area (Å²) in [6.45, 7) is 7.47. The maximum Gasteiger partial charge on any atom is 0.178 e. The van der Waals surface area contributed by atoms with Gasteiger partial charge in [0.15, 0.2) is 5.78 Å². The molecule has 0 saturated heterocycles. The molecule has 1 aromatic carbocycles. The fourth-order valence-corrected chi connectivity index (χ4v) is 3.32. The van der Waals surface area contributed by atoms with Crippen LogP contribution >= 0.6 is 0 Å². The third kappa shape index (κ3) is 2.95. The summed E-state index contributed by atoms with van der Waals surface area (Å²) in [5, 5.41) is 0. The number of carbonyl (C=O) groups excluding carboxylic acids is 1. The largest absolute Gasteiger partial charge is 0.296 e. The number of fused-ring (bicyclic) bond motifs is 1. The number of carbonyl (C=O) groups is 1.